The van der Waals surface area contributed by atoms with Crippen LogP contribution in [-0.2, 0) is 0 Å². The van der Waals surface area contributed by atoms with Crippen LogP contribution in [-0.4, -0.2) is 46.1 Å². The van der Waals surface area contributed by atoms with E-state index in [2.05, 4.69) is 10.3 Å². The van der Waals surface area contributed by atoms with Gasteiger partial charge in [-0.25, -0.2) is 4.98 Å². The predicted molar refractivity (Wildman–Crippen MR) is 69.9 cm³/mol. The number of nitrogens with one attached hydrogen (secondary N) is 1. The first-order valence-corrected chi connectivity index (χ1v) is 7.19. The quantitative estimate of drug-likeness (QED) is 0.866. The lowest BCUT2D eigenvalue weighted by molar-refractivity contribution is 0.0383. The third kappa shape index (κ3) is 1.89. The maximum absolute atomic E-state index is 12.4. The number of aliphatic hydroxyl groups is 1. The van der Waals surface area contributed by atoms with Gasteiger partial charge in [0.25, 0.3) is 5.91 Å². The van der Waals surface area contributed by atoms with Crippen molar-refractivity contribution in [3.8, 4) is 0 Å². The normalized spacial score (nSPS) is 25.2. The predicted octanol–water partition coefficient (Wildman–Crippen LogP) is 1.31. The van der Waals surface area contributed by atoms with Crippen molar-refractivity contribution in [2.24, 2.45) is 0 Å². The van der Waals surface area contributed by atoms with Gasteiger partial charge in [0.05, 0.1) is 11.6 Å². The molecule has 0 spiro atoms. The highest BCUT2D eigenvalue weighted by atomic mass is 32.1. The number of thiazole rings is 1. The molecule has 6 heteroatoms. The molecule has 2 N–H and O–H groups in total. The number of carbonyl (C=O) groups is 1. The molecule has 2 heterocycles. The van der Waals surface area contributed by atoms with E-state index in [1.165, 1.54) is 11.3 Å². The zero-order valence-corrected chi connectivity index (χ0v) is 11.2. The van der Waals surface area contributed by atoms with Crippen molar-refractivity contribution in [1.29, 1.82) is 0 Å². The van der Waals surface area contributed by atoms with E-state index in [9.17, 15) is 9.90 Å². The van der Waals surface area contributed by atoms with E-state index in [4.69, 9.17) is 0 Å². The third-order valence-electron chi connectivity index (χ3n) is 3.83. The summed E-state index contributed by atoms with van der Waals surface area (Å²) in [7, 11) is 1.79. The van der Waals surface area contributed by atoms with Gasteiger partial charge in [-0.05, 0) is 25.7 Å². The fraction of sp³-hybridized carbons (Fsp3) is 0.667. The summed E-state index contributed by atoms with van der Waals surface area (Å²) in [5.74, 6) is -0.0458. The molecule has 18 heavy (non-hydrogen) atoms. The van der Waals surface area contributed by atoms with E-state index in [-0.39, 0.29) is 11.9 Å². The number of anilines is 1. The van der Waals surface area contributed by atoms with Gasteiger partial charge in [-0.3, -0.25) is 4.79 Å². The molecule has 1 aromatic rings. The van der Waals surface area contributed by atoms with Crippen molar-refractivity contribution in [1.82, 2.24) is 9.88 Å². The van der Waals surface area contributed by atoms with Crippen molar-refractivity contribution in [2.45, 2.75) is 37.3 Å². The topological polar surface area (TPSA) is 65.5 Å². The fourth-order valence-electron chi connectivity index (χ4n) is 2.66. The highest BCUT2D eigenvalue weighted by Crippen LogP contribution is 2.44. The van der Waals surface area contributed by atoms with Crippen molar-refractivity contribution in [3.63, 3.8) is 0 Å². The van der Waals surface area contributed by atoms with Crippen LogP contribution >= 0.6 is 11.3 Å². The van der Waals surface area contributed by atoms with Gasteiger partial charge in [-0.1, -0.05) is 0 Å². The average molecular weight is 267 g/mol. The van der Waals surface area contributed by atoms with Gasteiger partial charge in [0.1, 0.15) is 5.69 Å². The van der Waals surface area contributed by atoms with Crippen LogP contribution in [0.1, 0.15) is 36.2 Å². The van der Waals surface area contributed by atoms with Crippen molar-refractivity contribution in [2.75, 3.05) is 18.9 Å². The summed E-state index contributed by atoms with van der Waals surface area (Å²) in [4.78, 5) is 18.4. The van der Waals surface area contributed by atoms with Gasteiger partial charge in [-0.15, -0.1) is 11.3 Å². The van der Waals surface area contributed by atoms with E-state index in [0.29, 0.717) is 5.69 Å². The molecule has 1 aliphatic carbocycles. The number of carbonyl (C=O) groups excluding carboxylic acids is 1. The summed E-state index contributed by atoms with van der Waals surface area (Å²) < 4.78 is 0. The molecule has 0 bridgehead atoms. The Hall–Kier alpha value is -1.14. The van der Waals surface area contributed by atoms with Crippen LogP contribution in [0.15, 0.2) is 5.38 Å². The van der Waals surface area contributed by atoms with Crippen LogP contribution < -0.4 is 5.32 Å². The molecule has 5 nitrogen and oxygen atoms in total. The first-order valence-electron chi connectivity index (χ1n) is 6.31. The minimum absolute atomic E-state index is 0.00950. The fourth-order valence-corrected chi connectivity index (χ4v) is 3.31. The lowest BCUT2D eigenvalue weighted by Gasteiger charge is -2.28. The molecule has 1 saturated heterocycles. The van der Waals surface area contributed by atoms with Gasteiger partial charge in [0.15, 0.2) is 5.13 Å². The van der Waals surface area contributed by atoms with Crippen LogP contribution in [0.25, 0.3) is 0 Å². The standard InChI is InChI=1S/C12H17N3O2S/c1-13-11-14-8(7-18-11)10(16)15-6-2-3-9(15)12(17)4-5-12/h7,9,17H,2-6H2,1H3,(H,13,14). The molecule has 1 aliphatic heterocycles. The number of hydrogen-bond donors (Lipinski definition) is 2. The Morgan fingerprint density at radius 3 is 3.06 bits per heavy atom. The average Bonchev–Trinajstić information content (AvgIpc) is 2.90. The number of aromatic nitrogens is 1. The van der Waals surface area contributed by atoms with Gasteiger partial charge in [0, 0.05) is 19.0 Å². The molecule has 2 fully saturated rings. The Balaban J connectivity index is 1.79. The van der Waals surface area contributed by atoms with Gasteiger partial charge < -0.3 is 15.3 Å². The molecular weight excluding hydrogens is 250 g/mol. The molecule has 1 atom stereocenters. The lowest BCUT2D eigenvalue weighted by Crippen LogP contribution is -2.44. The molecule has 0 aromatic carbocycles. The van der Waals surface area contributed by atoms with Crippen molar-refractivity contribution >= 4 is 22.4 Å². The second-order valence-corrected chi connectivity index (χ2v) is 5.91. The maximum Gasteiger partial charge on any atom is 0.273 e. The molecule has 3 rings (SSSR count). The molecule has 98 valence electrons. The summed E-state index contributed by atoms with van der Waals surface area (Å²) in [6, 6.07) is -0.00950. The summed E-state index contributed by atoms with van der Waals surface area (Å²) in [6.07, 6.45) is 3.52. The van der Waals surface area contributed by atoms with E-state index in [0.717, 1.165) is 37.4 Å². The second kappa shape index (κ2) is 4.20. The summed E-state index contributed by atoms with van der Waals surface area (Å²) in [6.45, 7) is 0.734. The molecular formula is C12H17N3O2S. The van der Waals surface area contributed by atoms with E-state index >= 15 is 0 Å². The van der Waals surface area contributed by atoms with E-state index in [1.807, 2.05) is 4.90 Å². The summed E-state index contributed by atoms with van der Waals surface area (Å²) >= 11 is 1.43. The highest BCUT2D eigenvalue weighted by molar-refractivity contribution is 7.13. The van der Waals surface area contributed by atoms with Crippen molar-refractivity contribution in [3.05, 3.63) is 11.1 Å². The SMILES string of the molecule is CNc1nc(C(=O)N2CCCC2C2(O)CC2)cs1. The molecule has 1 aromatic heterocycles. The monoisotopic (exact) mass is 267 g/mol. The number of rotatable bonds is 3. The van der Waals surface area contributed by atoms with Crippen LogP contribution in [0.2, 0.25) is 0 Å². The van der Waals surface area contributed by atoms with E-state index in [1.54, 1.807) is 12.4 Å². The minimum atomic E-state index is -0.617. The van der Waals surface area contributed by atoms with Crippen LogP contribution in [0.5, 0.6) is 0 Å². The Kier molecular flexibility index (Phi) is 2.79. The second-order valence-electron chi connectivity index (χ2n) is 5.05. The number of amides is 1. The smallest absolute Gasteiger partial charge is 0.273 e. The maximum atomic E-state index is 12.4. The Bertz CT molecular complexity index is 470. The first kappa shape index (κ1) is 11.9. The highest BCUT2D eigenvalue weighted by Gasteiger charge is 2.52. The Morgan fingerprint density at radius 1 is 1.67 bits per heavy atom. The third-order valence-corrected chi connectivity index (χ3v) is 4.69. The largest absolute Gasteiger partial charge is 0.388 e. The van der Waals surface area contributed by atoms with Gasteiger partial charge >= 0.3 is 0 Å². The Morgan fingerprint density at radius 2 is 2.44 bits per heavy atom. The van der Waals surface area contributed by atoms with Crippen LogP contribution in [0.4, 0.5) is 5.13 Å². The summed E-state index contributed by atoms with van der Waals surface area (Å²) in [5.41, 5.74) is -0.130. The molecule has 1 unspecified atom stereocenters. The molecule has 0 radical (unpaired) electrons. The summed E-state index contributed by atoms with van der Waals surface area (Å²) in [5, 5.41) is 15.7. The molecule has 1 saturated carbocycles. The van der Waals surface area contributed by atoms with Crippen LogP contribution in [0.3, 0.4) is 0 Å². The molecule has 1 amide bonds. The zero-order valence-electron chi connectivity index (χ0n) is 10.3. The minimum Gasteiger partial charge on any atom is -0.388 e. The van der Waals surface area contributed by atoms with E-state index < -0.39 is 5.60 Å². The van der Waals surface area contributed by atoms with Gasteiger partial charge in [-0.2, -0.15) is 0 Å². The zero-order chi connectivity index (χ0) is 12.8. The van der Waals surface area contributed by atoms with Crippen LogP contribution in [0, 0.1) is 0 Å². The number of likely N-dealkylation sites (tertiary alicyclic amines) is 1. The van der Waals surface area contributed by atoms with Gasteiger partial charge in [0.2, 0.25) is 0 Å². The lowest BCUT2D eigenvalue weighted by atomic mass is 10.1. The number of nitrogens with zero attached hydrogens (tertiary/aromatic N) is 2. The molecule has 2 aliphatic rings. The van der Waals surface area contributed by atoms with Crippen molar-refractivity contribution < 1.29 is 9.90 Å². The first-order chi connectivity index (χ1) is 8.64. The Labute approximate surface area is 110 Å². The number of hydrogen-bond acceptors (Lipinski definition) is 5.